The van der Waals surface area contributed by atoms with E-state index >= 15 is 0 Å². The van der Waals surface area contributed by atoms with Crippen LogP contribution in [0.15, 0.2) is 18.2 Å². The molecular formula is C20H23Cl2N3O4. The average Bonchev–Trinajstić information content (AvgIpc) is 2.67. The lowest BCUT2D eigenvalue weighted by molar-refractivity contribution is -0.156. The molecule has 1 aliphatic heterocycles. The number of nitrogens with one attached hydrogen (secondary N) is 1. The van der Waals surface area contributed by atoms with Gasteiger partial charge in [0.1, 0.15) is 6.04 Å². The van der Waals surface area contributed by atoms with Gasteiger partial charge in [-0.25, -0.2) is 0 Å². The van der Waals surface area contributed by atoms with Crippen LogP contribution in [0.1, 0.15) is 12.0 Å². The molecule has 1 unspecified atom stereocenters. The van der Waals surface area contributed by atoms with Crippen LogP contribution in [0.25, 0.3) is 0 Å². The molecule has 9 heteroatoms. The number of terminal acetylenes is 1. The number of amides is 3. The highest BCUT2D eigenvalue weighted by Gasteiger charge is 2.39. The van der Waals surface area contributed by atoms with Gasteiger partial charge in [0.15, 0.2) is 0 Å². The van der Waals surface area contributed by atoms with Gasteiger partial charge in [0.05, 0.1) is 26.1 Å². The zero-order valence-electron chi connectivity index (χ0n) is 16.1. The van der Waals surface area contributed by atoms with E-state index in [-0.39, 0.29) is 43.8 Å². The summed E-state index contributed by atoms with van der Waals surface area (Å²) in [5, 5.41) is 3.68. The Bertz CT molecular complexity index is 809. The van der Waals surface area contributed by atoms with Gasteiger partial charge in [0.2, 0.25) is 17.7 Å². The fourth-order valence-electron chi connectivity index (χ4n) is 3.05. The number of benzene rings is 1. The molecule has 1 aliphatic rings. The molecule has 7 nitrogen and oxygen atoms in total. The molecule has 0 saturated carbocycles. The molecule has 1 aromatic carbocycles. The lowest BCUT2D eigenvalue weighted by atomic mass is 10.0. The number of rotatable bonds is 9. The standard InChI is InChI=1S/C20H23Cl2N3O4/c1-3-8-25-17(12-18(26)23-7-10-29-2)20(28)24(13-19(25)27)9-6-14-4-5-15(21)11-16(14)22/h1,4-5,11,17H,6-10,12-13H2,2H3,(H,23,26). The van der Waals surface area contributed by atoms with Crippen LogP contribution in [-0.2, 0) is 25.5 Å². The summed E-state index contributed by atoms with van der Waals surface area (Å²) in [7, 11) is 1.52. The lowest BCUT2D eigenvalue weighted by Crippen LogP contribution is -2.61. The van der Waals surface area contributed by atoms with E-state index in [9.17, 15) is 14.4 Å². The Morgan fingerprint density at radius 1 is 1.38 bits per heavy atom. The van der Waals surface area contributed by atoms with Crippen molar-refractivity contribution in [2.45, 2.75) is 18.9 Å². The molecule has 0 aliphatic carbocycles. The van der Waals surface area contributed by atoms with Crippen LogP contribution in [0.4, 0.5) is 0 Å². The van der Waals surface area contributed by atoms with Gasteiger partial charge in [0.25, 0.3) is 0 Å². The maximum atomic E-state index is 13.0. The second-order valence-corrected chi connectivity index (χ2v) is 7.38. The summed E-state index contributed by atoms with van der Waals surface area (Å²) < 4.78 is 4.89. The largest absolute Gasteiger partial charge is 0.383 e. The molecule has 1 heterocycles. The van der Waals surface area contributed by atoms with Crippen molar-refractivity contribution in [1.29, 1.82) is 0 Å². The number of hydrogen-bond acceptors (Lipinski definition) is 4. The van der Waals surface area contributed by atoms with Crippen LogP contribution in [0.3, 0.4) is 0 Å². The van der Waals surface area contributed by atoms with E-state index in [1.807, 2.05) is 0 Å². The first kappa shape index (κ1) is 23.0. The van der Waals surface area contributed by atoms with Gasteiger partial charge in [-0.15, -0.1) is 6.42 Å². The van der Waals surface area contributed by atoms with Gasteiger partial charge in [-0.3, -0.25) is 14.4 Å². The molecule has 1 N–H and O–H groups in total. The third-order valence-electron chi connectivity index (χ3n) is 4.55. The molecule has 0 bridgehead atoms. The van der Waals surface area contributed by atoms with Crippen LogP contribution in [0.5, 0.6) is 0 Å². The van der Waals surface area contributed by atoms with Crippen molar-refractivity contribution in [1.82, 2.24) is 15.1 Å². The molecule has 3 amide bonds. The highest BCUT2D eigenvalue weighted by atomic mass is 35.5. The first-order valence-electron chi connectivity index (χ1n) is 9.08. The van der Waals surface area contributed by atoms with Crippen LogP contribution >= 0.6 is 23.2 Å². The van der Waals surface area contributed by atoms with Gasteiger partial charge in [-0.1, -0.05) is 35.2 Å². The fourth-order valence-corrected chi connectivity index (χ4v) is 3.56. The number of carbonyl (C=O) groups is 3. The second kappa shape index (κ2) is 11.1. The Morgan fingerprint density at radius 2 is 2.14 bits per heavy atom. The third kappa shape index (κ3) is 6.36. The molecule has 2 rings (SSSR count). The number of piperazine rings is 1. The summed E-state index contributed by atoms with van der Waals surface area (Å²) in [5.74, 6) is 1.43. The maximum absolute atomic E-state index is 13.0. The number of methoxy groups -OCH3 is 1. The summed E-state index contributed by atoms with van der Waals surface area (Å²) in [5.41, 5.74) is 0.816. The molecule has 156 valence electrons. The van der Waals surface area contributed by atoms with Crippen molar-refractivity contribution in [3.8, 4) is 12.3 Å². The van der Waals surface area contributed by atoms with Gasteiger partial charge >= 0.3 is 0 Å². The first-order valence-corrected chi connectivity index (χ1v) is 9.84. The normalized spacial score (nSPS) is 16.7. The Labute approximate surface area is 180 Å². The van der Waals surface area contributed by atoms with Crippen molar-refractivity contribution < 1.29 is 19.1 Å². The number of hydrogen-bond donors (Lipinski definition) is 1. The van der Waals surface area contributed by atoms with Crippen LogP contribution in [0.2, 0.25) is 10.0 Å². The van der Waals surface area contributed by atoms with Crippen molar-refractivity contribution in [2.75, 3.05) is 39.9 Å². The summed E-state index contributed by atoms with van der Waals surface area (Å²) in [6, 6.07) is 4.19. The van der Waals surface area contributed by atoms with E-state index in [1.165, 1.54) is 16.9 Å². The molecule has 1 fully saturated rings. The Balaban J connectivity index is 2.08. The smallest absolute Gasteiger partial charge is 0.246 e. The van der Waals surface area contributed by atoms with E-state index in [4.69, 9.17) is 34.4 Å². The van der Waals surface area contributed by atoms with Gasteiger partial charge in [-0.2, -0.15) is 0 Å². The van der Waals surface area contributed by atoms with Crippen molar-refractivity contribution in [3.63, 3.8) is 0 Å². The fraction of sp³-hybridized carbons (Fsp3) is 0.450. The van der Waals surface area contributed by atoms with Gasteiger partial charge in [0, 0.05) is 30.2 Å². The Morgan fingerprint density at radius 3 is 2.79 bits per heavy atom. The Hall–Kier alpha value is -2.27. The molecule has 1 atom stereocenters. The minimum Gasteiger partial charge on any atom is -0.383 e. The number of nitrogens with zero attached hydrogens (tertiary/aromatic N) is 2. The predicted octanol–water partition coefficient (Wildman–Crippen LogP) is 1.36. The van der Waals surface area contributed by atoms with Crippen molar-refractivity contribution in [2.24, 2.45) is 0 Å². The minimum atomic E-state index is -0.935. The highest BCUT2D eigenvalue weighted by Crippen LogP contribution is 2.22. The van der Waals surface area contributed by atoms with E-state index < -0.39 is 6.04 Å². The monoisotopic (exact) mass is 439 g/mol. The molecular weight excluding hydrogens is 417 g/mol. The molecule has 1 aromatic rings. The van der Waals surface area contributed by atoms with E-state index in [0.29, 0.717) is 29.6 Å². The minimum absolute atomic E-state index is 0.0303. The summed E-state index contributed by atoms with van der Waals surface area (Å²) in [6.07, 6.45) is 5.64. The maximum Gasteiger partial charge on any atom is 0.246 e. The topological polar surface area (TPSA) is 79.0 Å². The number of ether oxygens (including phenoxy) is 1. The zero-order chi connectivity index (χ0) is 21.4. The average molecular weight is 440 g/mol. The van der Waals surface area contributed by atoms with Crippen LogP contribution in [-0.4, -0.2) is 73.5 Å². The van der Waals surface area contributed by atoms with Gasteiger partial charge in [-0.05, 0) is 24.1 Å². The van der Waals surface area contributed by atoms with Gasteiger partial charge < -0.3 is 19.9 Å². The SMILES string of the molecule is C#CCN1C(=O)CN(CCc2ccc(Cl)cc2Cl)C(=O)C1CC(=O)NCCOC. The molecule has 1 saturated heterocycles. The summed E-state index contributed by atoms with van der Waals surface area (Å²) in [6.45, 7) is 0.839. The van der Waals surface area contributed by atoms with E-state index in [0.717, 1.165) is 5.56 Å². The predicted molar refractivity (Wildman–Crippen MR) is 111 cm³/mol. The third-order valence-corrected chi connectivity index (χ3v) is 5.14. The molecule has 29 heavy (non-hydrogen) atoms. The first-order chi connectivity index (χ1) is 13.9. The second-order valence-electron chi connectivity index (χ2n) is 6.53. The number of carbonyl (C=O) groups excluding carboxylic acids is 3. The van der Waals surface area contributed by atoms with Crippen molar-refractivity contribution in [3.05, 3.63) is 33.8 Å². The quantitative estimate of drug-likeness (QED) is 0.465. The van der Waals surface area contributed by atoms with Crippen molar-refractivity contribution >= 4 is 40.9 Å². The summed E-state index contributed by atoms with van der Waals surface area (Å²) in [4.78, 5) is 40.5. The Kier molecular flexibility index (Phi) is 8.77. The zero-order valence-corrected chi connectivity index (χ0v) is 17.6. The molecule has 0 aromatic heterocycles. The van der Waals surface area contributed by atoms with E-state index in [2.05, 4.69) is 11.2 Å². The number of halogens is 2. The van der Waals surface area contributed by atoms with E-state index in [1.54, 1.807) is 18.2 Å². The highest BCUT2D eigenvalue weighted by molar-refractivity contribution is 6.35. The molecule has 0 radical (unpaired) electrons. The summed E-state index contributed by atoms with van der Waals surface area (Å²) >= 11 is 12.1. The van der Waals surface area contributed by atoms with Crippen LogP contribution < -0.4 is 5.32 Å². The van der Waals surface area contributed by atoms with Crippen LogP contribution in [0, 0.1) is 12.3 Å². The molecule has 0 spiro atoms. The lowest BCUT2D eigenvalue weighted by Gasteiger charge is -2.39.